The highest BCUT2D eigenvalue weighted by atomic mass is 16.2. The minimum absolute atomic E-state index is 0.138. The molecule has 1 amide bonds. The lowest BCUT2D eigenvalue weighted by molar-refractivity contribution is -0.138. The fourth-order valence-corrected chi connectivity index (χ4v) is 6.17. The highest BCUT2D eigenvalue weighted by molar-refractivity contribution is 5.86. The Bertz CT molecular complexity index is 1310. The van der Waals surface area contributed by atoms with Gasteiger partial charge in [0.05, 0.1) is 17.9 Å². The molecule has 0 unspecified atom stereocenters. The summed E-state index contributed by atoms with van der Waals surface area (Å²) < 4.78 is 2.47. The predicted octanol–water partition coefficient (Wildman–Crippen LogP) is 3.91. The molecule has 3 aliphatic heterocycles. The summed E-state index contributed by atoms with van der Waals surface area (Å²) in [4.78, 5) is 22.6. The van der Waals surface area contributed by atoms with Gasteiger partial charge < -0.3 is 20.5 Å². The van der Waals surface area contributed by atoms with Gasteiger partial charge in [-0.3, -0.25) is 14.7 Å². The maximum atomic E-state index is 13.4. The monoisotopic (exact) mass is 496 g/mol. The molecular weight excluding hydrogens is 460 g/mol. The van der Waals surface area contributed by atoms with Crippen LogP contribution in [0.15, 0.2) is 78.3 Å². The molecule has 7 heteroatoms. The number of aromatic nitrogens is 2. The van der Waals surface area contributed by atoms with E-state index in [9.17, 15) is 4.79 Å². The molecule has 6 rings (SSSR count). The van der Waals surface area contributed by atoms with Crippen molar-refractivity contribution >= 4 is 16.8 Å². The maximum Gasteiger partial charge on any atom is 0.225 e. The molecule has 3 N–H and O–H groups in total. The van der Waals surface area contributed by atoms with Crippen molar-refractivity contribution in [3.63, 3.8) is 0 Å². The number of carbonyl (C=O) groups excluding carboxylic acids is 1. The first-order valence-corrected chi connectivity index (χ1v) is 13.6. The molecule has 0 radical (unpaired) electrons. The van der Waals surface area contributed by atoms with Crippen molar-refractivity contribution in [2.24, 2.45) is 11.7 Å². The molecule has 7 nitrogen and oxygen atoms in total. The molecule has 1 aromatic carbocycles. The summed E-state index contributed by atoms with van der Waals surface area (Å²) in [5, 5.41) is 4.40. The van der Waals surface area contributed by atoms with E-state index in [1.54, 1.807) is 0 Å². The largest absolute Gasteiger partial charge is 0.400 e. The first-order valence-electron chi connectivity index (χ1n) is 13.6. The first kappa shape index (κ1) is 23.8. The van der Waals surface area contributed by atoms with Gasteiger partial charge in [0.15, 0.2) is 0 Å². The smallest absolute Gasteiger partial charge is 0.225 e. The number of hydrogen-bond acceptors (Lipinski definition) is 5. The van der Waals surface area contributed by atoms with Crippen LogP contribution >= 0.6 is 0 Å². The molecule has 5 heterocycles. The molecular formula is C30H36N6O. The summed E-state index contributed by atoms with van der Waals surface area (Å²) in [7, 11) is 0. The second-order valence-corrected chi connectivity index (χ2v) is 10.5. The highest BCUT2D eigenvalue weighted by Gasteiger charge is 2.32. The van der Waals surface area contributed by atoms with Crippen LogP contribution in [0.25, 0.3) is 22.3 Å². The number of fused-ring (bicyclic) bond motifs is 1. The van der Waals surface area contributed by atoms with Crippen LogP contribution in [0.3, 0.4) is 0 Å². The van der Waals surface area contributed by atoms with Crippen LogP contribution in [-0.2, 0) is 4.79 Å². The lowest BCUT2D eigenvalue weighted by Crippen LogP contribution is -2.46. The van der Waals surface area contributed by atoms with Gasteiger partial charge in [0.1, 0.15) is 0 Å². The van der Waals surface area contributed by atoms with E-state index >= 15 is 0 Å². The third-order valence-corrected chi connectivity index (χ3v) is 8.25. The summed E-state index contributed by atoms with van der Waals surface area (Å²) >= 11 is 0. The molecule has 0 atom stereocenters. The van der Waals surface area contributed by atoms with Gasteiger partial charge in [-0.25, -0.2) is 0 Å². The van der Waals surface area contributed by atoms with Crippen LogP contribution in [0, 0.1) is 5.92 Å². The Balaban J connectivity index is 1.09. The van der Waals surface area contributed by atoms with Crippen molar-refractivity contribution in [2.45, 2.75) is 31.7 Å². The summed E-state index contributed by atoms with van der Waals surface area (Å²) in [6.07, 6.45) is 9.71. The number of piperidine rings is 2. The average Bonchev–Trinajstić information content (AvgIpc) is 3.35. The number of hydrogen-bond donors (Lipinski definition) is 2. The Morgan fingerprint density at radius 2 is 1.78 bits per heavy atom. The number of benzene rings is 1. The predicted molar refractivity (Wildman–Crippen MR) is 148 cm³/mol. The fraction of sp³-hybridized carbons (Fsp3) is 0.400. The minimum Gasteiger partial charge on any atom is -0.400 e. The molecule has 2 saturated heterocycles. The lowest BCUT2D eigenvalue weighted by Gasteiger charge is -2.38. The van der Waals surface area contributed by atoms with E-state index in [4.69, 9.17) is 5.73 Å². The van der Waals surface area contributed by atoms with E-state index in [1.165, 1.54) is 22.2 Å². The van der Waals surface area contributed by atoms with Crippen molar-refractivity contribution in [1.29, 1.82) is 0 Å². The molecule has 192 valence electrons. The Hall–Kier alpha value is -3.58. The van der Waals surface area contributed by atoms with Gasteiger partial charge in [-0.1, -0.05) is 24.3 Å². The summed E-state index contributed by atoms with van der Waals surface area (Å²) in [5.74, 6) is 0.486. The molecule has 2 fully saturated rings. The summed E-state index contributed by atoms with van der Waals surface area (Å²) in [5.41, 5.74) is 11.7. The normalized spacial score (nSPS) is 19.9. The first-order chi connectivity index (χ1) is 18.2. The number of pyridine rings is 1. The SMILES string of the molecule is NC1=C(CN2CCC(C(=O)N3CCC(n4c(-c5ccccn5)cc5ccccc54)CC3)CC2)C=CNC1. The topological polar surface area (TPSA) is 79.4 Å². The average molecular weight is 497 g/mol. The zero-order valence-electron chi connectivity index (χ0n) is 21.4. The lowest BCUT2D eigenvalue weighted by atomic mass is 9.93. The van der Waals surface area contributed by atoms with E-state index in [1.807, 2.05) is 24.5 Å². The van der Waals surface area contributed by atoms with Gasteiger partial charge in [-0.2, -0.15) is 0 Å². The van der Waals surface area contributed by atoms with Gasteiger partial charge in [0, 0.05) is 54.4 Å². The van der Waals surface area contributed by atoms with Gasteiger partial charge >= 0.3 is 0 Å². The fourth-order valence-electron chi connectivity index (χ4n) is 6.17. The molecule has 0 saturated carbocycles. The van der Waals surface area contributed by atoms with Crippen molar-refractivity contribution in [2.75, 3.05) is 39.3 Å². The zero-order valence-corrected chi connectivity index (χ0v) is 21.4. The van der Waals surface area contributed by atoms with Crippen molar-refractivity contribution in [3.8, 4) is 11.4 Å². The Morgan fingerprint density at radius 1 is 1.00 bits per heavy atom. The third-order valence-electron chi connectivity index (χ3n) is 8.25. The number of amides is 1. The number of dihydropyridines is 1. The second kappa shape index (κ2) is 10.4. The number of para-hydroxylation sites is 1. The van der Waals surface area contributed by atoms with Crippen LogP contribution in [0.1, 0.15) is 31.7 Å². The molecule has 0 spiro atoms. The van der Waals surface area contributed by atoms with E-state index in [0.29, 0.717) is 11.9 Å². The molecule has 0 bridgehead atoms. The van der Waals surface area contributed by atoms with Gasteiger partial charge in [-0.05, 0) is 80.9 Å². The van der Waals surface area contributed by atoms with Gasteiger partial charge in [0.25, 0.3) is 0 Å². The van der Waals surface area contributed by atoms with Gasteiger partial charge in [0.2, 0.25) is 5.91 Å². The van der Waals surface area contributed by atoms with Gasteiger partial charge in [-0.15, -0.1) is 0 Å². The maximum absolute atomic E-state index is 13.4. The number of nitrogens with zero attached hydrogens (tertiary/aromatic N) is 4. The number of rotatable bonds is 5. The third kappa shape index (κ3) is 4.88. The molecule has 3 aliphatic rings. The van der Waals surface area contributed by atoms with Crippen molar-refractivity contribution in [1.82, 2.24) is 24.7 Å². The van der Waals surface area contributed by atoms with E-state index < -0.39 is 0 Å². The minimum atomic E-state index is 0.138. The molecule has 2 aromatic heterocycles. The molecule has 3 aromatic rings. The Kier molecular flexibility index (Phi) is 6.70. The molecule has 0 aliphatic carbocycles. The van der Waals surface area contributed by atoms with E-state index in [2.05, 4.69) is 67.1 Å². The Labute approximate surface area is 218 Å². The van der Waals surface area contributed by atoms with Crippen LogP contribution < -0.4 is 11.1 Å². The van der Waals surface area contributed by atoms with Crippen molar-refractivity contribution < 1.29 is 4.79 Å². The quantitative estimate of drug-likeness (QED) is 0.560. The van der Waals surface area contributed by atoms with Crippen LogP contribution in [-0.4, -0.2) is 64.5 Å². The van der Waals surface area contributed by atoms with Crippen LogP contribution in [0.2, 0.25) is 0 Å². The van der Waals surface area contributed by atoms with Crippen LogP contribution in [0.5, 0.6) is 0 Å². The second-order valence-electron chi connectivity index (χ2n) is 10.5. The highest BCUT2D eigenvalue weighted by Crippen LogP contribution is 2.35. The van der Waals surface area contributed by atoms with E-state index in [0.717, 1.165) is 76.3 Å². The number of carbonyl (C=O) groups is 1. The summed E-state index contributed by atoms with van der Waals surface area (Å²) in [6.45, 7) is 5.14. The number of likely N-dealkylation sites (tertiary alicyclic amines) is 2. The standard InChI is InChI=1S/C30H36N6O/c31-26-20-32-14-8-24(26)21-34-15-9-22(10-16-34)30(37)35-17-11-25(12-18-35)36-28-7-2-1-5-23(28)19-29(36)27-6-3-4-13-33-27/h1-8,13-14,19,22,25,32H,9-12,15-18,20-21,31H2. The summed E-state index contributed by atoms with van der Waals surface area (Å²) in [6, 6.07) is 17.3. The van der Waals surface area contributed by atoms with E-state index in [-0.39, 0.29) is 5.92 Å². The van der Waals surface area contributed by atoms with Crippen molar-refractivity contribution in [3.05, 3.63) is 78.3 Å². The number of nitrogens with two attached hydrogens (primary N) is 1. The zero-order chi connectivity index (χ0) is 25.2. The van der Waals surface area contributed by atoms with Crippen LogP contribution in [0.4, 0.5) is 0 Å². The number of nitrogens with one attached hydrogen (secondary N) is 1. The Morgan fingerprint density at radius 3 is 2.54 bits per heavy atom. The molecule has 37 heavy (non-hydrogen) atoms.